The third-order valence-corrected chi connectivity index (χ3v) is 8.79. The third-order valence-electron chi connectivity index (χ3n) is 5.27. The number of sulfone groups is 1. The van der Waals surface area contributed by atoms with E-state index in [1.54, 1.807) is 29.2 Å². The van der Waals surface area contributed by atoms with Crippen LogP contribution in [0.25, 0.3) is 0 Å². The lowest BCUT2D eigenvalue weighted by atomic mass is 10.1. The number of amides is 1. The number of ether oxygens (including phenoxy) is 2. The zero-order valence-corrected chi connectivity index (χ0v) is 19.6. The molecule has 2 heterocycles. The number of carbonyl (C=O) groups excluding carboxylic acids is 1. The number of amidine groups is 1. The van der Waals surface area contributed by atoms with Gasteiger partial charge in [-0.05, 0) is 35.9 Å². The van der Waals surface area contributed by atoms with Crippen LogP contribution in [-0.4, -0.2) is 56.5 Å². The molecule has 2 aliphatic rings. The van der Waals surface area contributed by atoms with Gasteiger partial charge in [0.1, 0.15) is 5.82 Å². The largest absolute Gasteiger partial charge is 0.493 e. The zero-order valence-electron chi connectivity index (χ0n) is 17.2. The van der Waals surface area contributed by atoms with Crippen molar-refractivity contribution in [1.82, 2.24) is 0 Å². The van der Waals surface area contributed by atoms with E-state index in [2.05, 4.69) is 4.99 Å². The van der Waals surface area contributed by atoms with Crippen LogP contribution < -0.4 is 14.4 Å². The van der Waals surface area contributed by atoms with E-state index >= 15 is 0 Å². The number of halogens is 2. The number of nitrogens with zero attached hydrogens (tertiary/aromatic N) is 2. The van der Waals surface area contributed by atoms with Gasteiger partial charge in [0.15, 0.2) is 26.5 Å². The van der Waals surface area contributed by atoms with Crippen LogP contribution >= 0.6 is 23.4 Å². The van der Waals surface area contributed by atoms with Gasteiger partial charge in [0, 0.05) is 10.9 Å². The molecule has 7 nitrogen and oxygen atoms in total. The average molecular weight is 499 g/mol. The Morgan fingerprint density at radius 2 is 1.94 bits per heavy atom. The molecular formula is C21H20ClFN2O5S2. The van der Waals surface area contributed by atoms with Crippen molar-refractivity contribution in [1.29, 1.82) is 0 Å². The van der Waals surface area contributed by atoms with Gasteiger partial charge < -0.3 is 14.4 Å². The number of aliphatic imine (C=N–C) groups is 1. The van der Waals surface area contributed by atoms with Crippen LogP contribution in [-0.2, 0) is 21.1 Å². The maximum atomic E-state index is 14.1. The minimum Gasteiger partial charge on any atom is -0.493 e. The fourth-order valence-electron chi connectivity index (χ4n) is 3.81. The van der Waals surface area contributed by atoms with Gasteiger partial charge in [0.05, 0.1) is 43.2 Å². The Morgan fingerprint density at radius 1 is 1.19 bits per heavy atom. The molecule has 0 aromatic heterocycles. The first-order valence-electron chi connectivity index (χ1n) is 9.64. The molecular weight excluding hydrogens is 479 g/mol. The molecule has 2 atom stereocenters. The summed E-state index contributed by atoms with van der Waals surface area (Å²) in [6, 6.07) is 8.94. The quantitative estimate of drug-likeness (QED) is 0.625. The maximum Gasteiger partial charge on any atom is 0.252 e. The SMILES string of the molecule is COc1ccc(CC(=O)N=C2SC3CS(=O)(=O)CC3N2c2ccc(Cl)c(F)c2)cc1OC. The van der Waals surface area contributed by atoms with Crippen LogP contribution in [0.5, 0.6) is 11.5 Å². The van der Waals surface area contributed by atoms with Crippen molar-refractivity contribution in [3.05, 3.63) is 52.8 Å². The number of thioether (sulfide) groups is 1. The van der Waals surface area contributed by atoms with Crippen molar-refractivity contribution in [2.45, 2.75) is 17.7 Å². The number of anilines is 1. The number of fused-ring (bicyclic) bond motifs is 1. The Bertz CT molecular complexity index is 1200. The minimum atomic E-state index is -3.23. The normalized spacial score (nSPS) is 22.8. The molecule has 2 fully saturated rings. The standard InChI is InChI=1S/C21H20ClFN2O5S2/c1-29-17-6-3-12(7-18(17)30-2)8-20(26)24-21-25(13-4-5-14(22)15(23)9-13)16-10-32(27,28)11-19(16)31-21/h3-7,9,16,19H,8,10-11H2,1-2H3. The van der Waals surface area contributed by atoms with Crippen molar-refractivity contribution in [3.8, 4) is 11.5 Å². The molecule has 170 valence electrons. The molecule has 0 N–H and O–H groups in total. The first-order chi connectivity index (χ1) is 15.2. The van der Waals surface area contributed by atoms with Crippen molar-refractivity contribution in [2.24, 2.45) is 4.99 Å². The van der Waals surface area contributed by atoms with Crippen molar-refractivity contribution < 1.29 is 27.1 Å². The molecule has 2 saturated heterocycles. The zero-order chi connectivity index (χ0) is 23.0. The molecule has 0 aliphatic carbocycles. The highest BCUT2D eigenvalue weighted by atomic mass is 35.5. The molecule has 11 heteroatoms. The van der Waals surface area contributed by atoms with E-state index in [0.717, 1.165) is 0 Å². The Labute approximate surface area is 194 Å². The molecule has 0 saturated carbocycles. The van der Waals surface area contributed by atoms with Crippen molar-refractivity contribution >= 4 is 50.0 Å². The van der Waals surface area contributed by atoms with Crippen molar-refractivity contribution in [2.75, 3.05) is 30.6 Å². The summed E-state index contributed by atoms with van der Waals surface area (Å²) in [4.78, 5) is 18.6. The van der Waals surface area contributed by atoms with E-state index in [0.29, 0.717) is 27.9 Å². The van der Waals surface area contributed by atoms with Crippen LogP contribution in [0.2, 0.25) is 5.02 Å². The highest BCUT2D eigenvalue weighted by Gasteiger charge is 2.49. The topological polar surface area (TPSA) is 85.3 Å². The van der Waals surface area contributed by atoms with Crippen LogP contribution in [0.3, 0.4) is 0 Å². The summed E-state index contributed by atoms with van der Waals surface area (Å²) < 4.78 is 48.9. The lowest BCUT2D eigenvalue weighted by Gasteiger charge is -2.24. The summed E-state index contributed by atoms with van der Waals surface area (Å²) in [5, 5.41) is 0.0210. The first kappa shape index (κ1) is 22.9. The summed E-state index contributed by atoms with van der Waals surface area (Å²) in [6.45, 7) is 0. The van der Waals surface area contributed by atoms with Gasteiger partial charge in [-0.1, -0.05) is 29.4 Å². The smallest absolute Gasteiger partial charge is 0.252 e. The van der Waals surface area contributed by atoms with Gasteiger partial charge >= 0.3 is 0 Å². The van der Waals surface area contributed by atoms with E-state index in [9.17, 15) is 17.6 Å². The molecule has 2 aromatic rings. The lowest BCUT2D eigenvalue weighted by molar-refractivity contribution is -0.117. The molecule has 32 heavy (non-hydrogen) atoms. The molecule has 2 aliphatic heterocycles. The number of hydrogen-bond donors (Lipinski definition) is 0. The third kappa shape index (κ3) is 4.57. The average Bonchev–Trinajstić information content (AvgIpc) is 3.20. The highest BCUT2D eigenvalue weighted by molar-refractivity contribution is 8.16. The number of benzene rings is 2. The Morgan fingerprint density at radius 3 is 2.62 bits per heavy atom. The van der Waals surface area contributed by atoms with E-state index in [4.69, 9.17) is 21.1 Å². The molecule has 2 aromatic carbocycles. The minimum absolute atomic E-state index is 0.0147. The monoisotopic (exact) mass is 498 g/mol. The highest BCUT2D eigenvalue weighted by Crippen LogP contribution is 2.41. The summed E-state index contributed by atoms with van der Waals surface area (Å²) in [6.07, 6.45) is 0.0147. The van der Waals surface area contributed by atoms with E-state index in [-0.39, 0.29) is 28.2 Å². The van der Waals surface area contributed by atoms with Crippen molar-refractivity contribution in [3.63, 3.8) is 0 Å². The number of carbonyl (C=O) groups is 1. The maximum absolute atomic E-state index is 14.1. The first-order valence-corrected chi connectivity index (χ1v) is 12.7. The lowest BCUT2D eigenvalue weighted by Crippen LogP contribution is -2.37. The van der Waals surface area contributed by atoms with E-state index in [1.165, 1.54) is 38.1 Å². The molecule has 1 amide bonds. The second-order valence-electron chi connectivity index (χ2n) is 7.42. The fraction of sp³-hybridized carbons (Fsp3) is 0.333. The molecule has 0 radical (unpaired) electrons. The number of hydrogen-bond acceptors (Lipinski definition) is 6. The van der Waals surface area contributed by atoms with Crippen LogP contribution in [0.1, 0.15) is 5.56 Å². The van der Waals surface area contributed by atoms with Gasteiger partial charge in [0.2, 0.25) is 0 Å². The Balaban J connectivity index is 1.63. The van der Waals surface area contributed by atoms with Gasteiger partial charge in [0.25, 0.3) is 5.91 Å². The van der Waals surface area contributed by atoms with Crippen LogP contribution in [0.15, 0.2) is 41.4 Å². The molecule has 4 rings (SSSR count). The predicted molar refractivity (Wildman–Crippen MR) is 123 cm³/mol. The predicted octanol–water partition coefficient (Wildman–Crippen LogP) is 3.34. The fourth-order valence-corrected chi connectivity index (χ4v) is 7.86. The van der Waals surface area contributed by atoms with Gasteiger partial charge in [-0.15, -0.1) is 0 Å². The molecule has 0 spiro atoms. The summed E-state index contributed by atoms with van der Waals surface area (Å²) >= 11 is 7.03. The summed E-state index contributed by atoms with van der Waals surface area (Å²) in [5.74, 6) is -0.100. The number of methoxy groups -OCH3 is 2. The summed E-state index contributed by atoms with van der Waals surface area (Å²) in [7, 11) is -0.194. The second-order valence-corrected chi connectivity index (χ2v) is 11.2. The van der Waals surface area contributed by atoms with Gasteiger partial charge in [-0.3, -0.25) is 4.79 Å². The van der Waals surface area contributed by atoms with Crippen LogP contribution in [0.4, 0.5) is 10.1 Å². The van der Waals surface area contributed by atoms with Gasteiger partial charge in [-0.2, -0.15) is 4.99 Å². The molecule has 2 unspecified atom stereocenters. The van der Waals surface area contributed by atoms with E-state index < -0.39 is 27.6 Å². The Hall–Kier alpha value is -2.30. The molecule has 0 bridgehead atoms. The van der Waals surface area contributed by atoms with Gasteiger partial charge in [-0.25, -0.2) is 12.8 Å². The Kier molecular flexibility index (Phi) is 6.37. The van der Waals surface area contributed by atoms with E-state index in [1.807, 2.05) is 0 Å². The second kappa shape index (κ2) is 8.92. The van der Waals surface area contributed by atoms with Crippen LogP contribution in [0, 0.1) is 5.82 Å². The number of rotatable bonds is 5. The summed E-state index contributed by atoms with van der Waals surface area (Å²) in [5.41, 5.74) is 1.09.